The average molecular weight is 454 g/mol. The van der Waals surface area contributed by atoms with Crippen LogP contribution in [-0.4, -0.2) is 20.3 Å². The molecule has 0 spiro atoms. The molecule has 156 valence electrons. The zero-order valence-corrected chi connectivity index (χ0v) is 17.9. The number of benzene rings is 3. The number of cyclic esters (lactones) is 1. The normalized spacial score (nSPS) is 15.0. The van der Waals surface area contributed by atoms with Gasteiger partial charge in [0.25, 0.3) is 0 Å². The van der Waals surface area contributed by atoms with Crippen LogP contribution in [0.25, 0.3) is 6.08 Å². The summed E-state index contributed by atoms with van der Waals surface area (Å²) in [6.07, 6.45) is 1.54. The molecule has 0 bridgehead atoms. The molecule has 0 saturated heterocycles. The standard InChI is InChI=1S/C23H16ClNO5S/c1-15-7-10-17(14-20(15)24)22-25-21(23(26)29-22)13-16-8-11-18(12-9-16)30-31(27,28)19-5-3-2-4-6-19/h2-14H,1H3/b21-13+. The van der Waals surface area contributed by atoms with Gasteiger partial charge in [-0.3, -0.25) is 0 Å². The summed E-state index contributed by atoms with van der Waals surface area (Å²) in [5.74, 6) is -0.260. The highest BCUT2D eigenvalue weighted by molar-refractivity contribution is 7.87. The molecule has 4 rings (SSSR count). The van der Waals surface area contributed by atoms with Gasteiger partial charge >= 0.3 is 16.1 Å². The molecule has 0 fully saturated rings. The SMILES string of the molecule is Cc1ccc(C2=N/C(=C/c3ccc(OS(=O)(=O)c4ccccc4)cc3)C(=O)O2)cc1Cl. The molecule has 3 aromatic rings. The van der Waals surface area contributed by atoms with Crippen LogP contribution in [0.2, 0.25) is 5.02 Å². The van der Waals surface area contributed by atoms with Crippen LogP contribution >= 0.6 is 11.6 Å². The number of aryl methyl sites for hydroxylation is 1. The third-order valence-corrected chi connectivity index (χ3v) is 6.13. The molecule has 0 radical (unpaired) electrons. The van der Waals surface area contributed by atoms with E-state index in [0.29, 0.717) is 16.1 Å². The Morgan fingerprint density at radius 1 is 1.00 bits per heavy atom. The zero-order chi connectivity index (χ0) is 22.0. The molecule has 6 nitrogen and oxygen atoms in total. The Morgan fingerprint density at radius 2 is 1.71 bits per heavy atom. The lowest BCUT2D eigenvalue weighted by Crippen LogP contribution is -2.09. The van der Waals surface area contributed by atoms with E-state index in [2.05, 4.69) is 4.99 Å². The highest BCUT2D eigenvalue weighted by Crippen LogP contribution is 2.24. The first kappa shape index (κ1) is 20.8. The molecular weight excluding hydrogens is 438 g/mol. The lowest BCUT2D eigenvalue weighted by atomic mass is 10.1. The predicted octanol–water partition coefficient (Wildman–Crippen LogP) is 4.76. The van der Waals surface area contributed by atoms with Gasteiger partial charge in [0.2, 0.25) is 5.90 Å². The number of carbonyl (C=O) groups excluding carboxylic acids is 1. The molecule has 0 saturated carbocycles. The van der Waals surface area contributed by atoms with Crippen LogP contribution in [0.5, 0.6) is 5.75 Å². The molecule has 0 N–H and O–H groups in total. The molecule has 0 aliphatic carbocycles. The number of hydrogen-bond donors (Lipinski definition) is 0. The Bertz CT molecular complexity index is 1310. The Balaban J connectivity index is 1.53. The fraction of sp³-hybridized carbons (Fsp3) is 0.0435. The summed E-state index contributed by atoms with van der Waals surface area (Å²) in [5, 5.41) is 0.551. The first-order chi connectivity index (χ1) is 14.8. The Labute approximate surface area is 184 Å². The van der Waals surface area contributed by atoms with E-state index < -0.39 is 16.1 Å². The largest absolute Gasteiger partial charge is 0.402 e. The summed E-state index contributed by atoms with van der Waals surface area (Å²) >= 11 is 6.13. The van der Waals surface area contributed by atoms with Crippen molar-refractivity contribution < 1.29 is 22.1 Å². The monoisotopic (exact) mass is 453 g/mol. The van der Waals surface area contributed by atoms with Crippen molar-refractivity contribution in [3.05, 3.63) is 100 Å². The van der Waals surface area contributed by atoms with Gasteiger partial charge in [0.1, 0.15) is 10.6 Å². The fourth-order valence-corrected chi connectivity index (χ4v) is 3.93. The minimum atomic E-state index is -3.92. The number of halogens is 1. The molecule has 1 aliphatic rings. The molecule has 3 aromatic carbocycles. The van der Waals surface area contributed by atoms with E-state index in [0.717, 1.165) is 5.56 Å². The third kappa shape index (κ3) is 4.68. The first-order valence-corrected chi connectivity index (χ1v) is 11.0. The van der Waals surface area contributed by atoms with Gasteiger partial charge in [-0.15, -0.1) is 0 Å². The maximum absolute atomic E-state index is 12.3. The molecule has 0 amide bonds. The molecule has 0 atom stereocenters. The summed E-state index contributed by atoms with van der Waals surface area (Å²) < 4.78 is 35.0. The van der Waals surface area contributed by atoms with E-state index in [1.165, 1.54) is 24.3 Å². The van der Waals surface area contributed by atoms with Crippen molar-refractivity contribution >= 4 is 39.7 Å². The van der Waals surface area contributed by atoms with E-state index >= 15 is 0 Å². The zero-order valence-electron chi connectivity index (χ0n) is 16.3. The van der Waals surface area contributed by atoms with Crippen LogP contribution in [0, 0.1) is 6.92 Å². The summed E-state index contributed by atoms with van der Waals surface area (Å²) in [6, 6.07) is 19.4. The lowest BCUT2D eigenvalue weighted by Gasteiger charge is -2.07. The summed E-state index contributed by atoms with van der Waals surface area (Å²) in [6.45, 7) is 1.87. The van der Waals surface area contributed by atoms with Crippen LogP contribution in [0.15, 0.2) is 88.4 Å². The van der Waals surface area contributed by atoms with E-state index in [4.69, 9.17) is 20.5 Å². The smallest absolute Gasteiger partial charge is 0.363 e. The van der Waals surface area contributed by atoms with E-state index in [-0.39, 0.29) is 22.2 Å². The van der Waals surface area contributed by atoms with Crippen molar-refractivity contribution in [3.8, 4) is 5.75 Å². The average Bonchev–Trinajstić information content (AvgIpc) is 3.12. The number of rotatable bonds is 5. The van der Waals surface area contributed by atoms with Crippen molar-refractivity contribution in [1.82, 2.24) is 0 Å². The summed E-state index contributed by atoms with van der Waals surface area (Å²) in [5.41, 5.74) is 2.26. The van der Waals surface area contributed by atoms with Gasteiger partial charge in [0.15, 0.2) is 5.70 Å². The second-order valence-electron chi connectivity index (χ2n) is 6.72. The Morgan fingerprint density at radius 3 is 2.39 bits per heavy atom. The van der Waals surface area contributed by atoms with Crippen molar-refractivity contribution in [2.45, 2.75) is 11.8 Å². The number of esters is 1. The number of nitrogens with zero attached hydrogens (tertiary/aromatic N) is 1. The van der Waals surface area contributed by atoms with Crippen LogP contribution in [0.3, 0.4) is 0 Å². The molecule has 0 aromatic heterocycles. The molecule has 0 unspecified atom stereocenters. The molecular formula is C23H16ClNO5S. The molecule has 1 heterocycles. The molecule has 31 heavy (non-hydrogen) atoms. The fourth-order valence-electron chi connectivity index (χ4n) is 2.80. The van der Waals surface area contributed by atoms with Gasteiger partial charge in [-0.2, -0.15) is 8.42 Å². The summed E-state index contributed by atoms with van der Waals surface area (Å²) in [7, 11) is -3.92. The van der Waals surface area contributed by atoms with Crippen molar-refractivity contribution in [3.63, 3.8) is 0 Å². The predicted molar refractivity (Wildman–Crippen MR) is 117 cm³/mol. The van der Waals surface area contributed by atoms with Crippen LogP contribution in [0.4, 0.5) is 0 Å². The van der Waals surface area contributed by atoms with E-state index in [1.54, 1.807) is 48.5 Å². The topological polar surface area (TPSA) is 82.0 Å². The van der Waals surface area contributed by atoms with E-state index in [9.17, 15) is 13.2 Å². The highest BCUT2D eigenvalue weighted by Gasteiger charge is 2.24. The number of aliphatic imine (C=N–C) groups is 1. The van der Waals surface area contributed by atoms with Crippen LogP contribution in [0.1, 0.15) is 16.7 Å². The van der Waals surface area contributed by atoms with Gasteiger partial charge in [-0.1, -0.05) is 48.0 Å². The van der Waals surface area contributed by atoms with Gasteiger partial charge in [0, 0.05) is 10.6 Å². The van der Waals surface area contributed by atoms with Crippen molar-refractivity contribution in [1.29, 1.82) is 0 Å². The number of ether oxygens (including phenoxy) is 1. The quantitative estimate of drug-likeness (QED) is 0.316. The molecule has 8 heteroatoms. The second-order valence-corrected chi connectivity index (χ2v) is 8.67. The van der Waals surface area contributed by atoms with Gasteiger partial charge in [-0.05, 0) is 60.5 Å². The maximum Gasteiger partial charge on any atom is 0.363 e. The van der Waals surface area contributed by atoms with Gasteiger partial charge in [0.05, 0.1) is 0 Å². The highest BCUT2D eigenvalue weighted by atomic mass is 35.5. The third-order valence-electron chi connectivity index (χ3n) is 4.46. The first-order valence-electron chi connectivity index (χ1n) is 9.20. The minimum Gasteiger partial charge on any atom is -0.402 e. The molecule has 1 aliphatic heterocycles. The lowest BCUT2D eigenvalue weighted by molar-refractivity contribution is -0.129. The van der Waals surface area contributed by atoms with Gasteiger partial charge in [-0.25, -0.2) is 9.79 Å². The minimum absolute atomic E-state index is 0.0629. The van der Waals surface area contributed by atoms with Crippen molar-refractivity contribution in [2.75, 3.05) is 0 Å². The Hall–Kier alpha value is -3.42. The van der Waals surface area contributed by atoms with Crippen molar-refractivity contribution in [2.24, 2.45) is 4.99 Å². The summed E-state index contributed by atoms with van der Waals surface area (Å²) in [4.78, 5) is 16.5. The van der Waals surface area contributed by atoms with E-state index in [1.807, 2.05) is 13.0 Å². The van der Waals surface area contributed by atoms with Crippen LogP contribution in [-0.2, 0) is 19.6 Å². The Kier molecular flexibility index (Phi) is 5.63. The maximum atomic E-state index is 12.3. The second kappa shape index (κ2) is 8.37. The van der Waals surface area contributed by atoms with Gasteiger partial charge < -0.3 is 8.92 Å². The number of carbonyl (C=O) groups is 1. The van der Waals surface area contributed by atoms with Crippen LogP contribution < -0.4 is 4.18 Å². The number of hydrogen-bond acceptors (Lipinski definition) is 6.